The third kappa shape index (κ3) is 4.29. The monoisotopic (exact) mass is 430 g/mol. The number of fused-ring (bicyclic) bond motifs is 2. The van der Waals surface area contributed by atoms with E-state index in [9.17, 15) is 0 Å². The van der Waals surface area contributed by atoms with Crippen molar-refractivity contribution in [3.8, 4) is 23.1 Å². The van der Waals surface area contributed by atoms with Gasteiger partial charge >= 0.3 is 0 Å². The molecule has 0 amide bonds. The average molecular weight is 431 g/mol. The number of hydrogen-bond donors (Lipinski definition) is 0. The number of nitrogens with zero attached hydrogens (tertiary/aromatic N) is 4. The Labute approximate surface area is 187 Å². The first-order valence-corrected chi connectivity index (χ1v) is 10.9. The van der Waals surface area contributed by atoms with Crippen molar-refractivity contribution in [2.75, 3.05) is 33.9 Å². The van der Waals surface area contributed by atoms with E-state index in [1.165, 1.54) is 19.2 Å². The van der Waals surface area contributed by atoms with Crippen LogP contribution in [0.5, 0.6) is 23.1 Å². The van der Waals surface area contributed by atoms with E-state index in [0.29, 0.717) is 35.7 Å². The Hall–Kier alpha value is -3.45. The smallest absolute Gasteiger partial charge is 0.230 e. The second-order valence-electron chi connectivity index (χ2n) is 8.24. The molecule has 0 spiro atoms. The van der Waals surface area contributed by atoms with Gasteiger partial charge in [0, 0.05) is 36.2 Å². The Morgan fingerprint density at radius 3 is 2.84 bits per heavy atom. The second kappa shape index (κ2) is 8.96. The Balaban J connectivity index is 1.41. The second-order valence-corrected chi connectivity index (χ2v) is 8.24. The van der Waals surface area contributed by atoms with E-state index in [1.807, 2.05) is 42.5 Å². The SMILES string of the molecule is COc1cc2c(Oc3ccc4cccnc4c3)ncnc2cc1OC[C@H]1CCCN(C)C1. The van der Waals surface area contributed by atoms with Crippen molar-refractivity contribution in [1.29, 1.82) is 0 Å². The molecular formula is C25H26N4O3. The molecule has 2 aromatic heterocycles. The van der Waals surface area contributed by atoms with Gasteiger partial charge in [0.15, 0.2) is 11.5 Å². The van der Waals surface area contributed by atoms with Crippen LogP contribution in [0.15, 0.2) is 55.0 Å². The van der Waals surface area contributed by atoms with Crippen LogP contribution in [0.2, 0.25) is 0 Å². The number of benzene rings is 2. The minimum Gasteiger partial charge on any atom is -0.493 e. The van der Waals surface area contributed by atoms with Crippen LogP contribution < -0.4 is 14.2 Å². The van der Waals surface area contributed by atoms with Crippen molar-refractivity contribution >= 4 is 21.8 Å². The summed E-state index contributed by atoms with van der Waals surface area (Å²) in [7, 11) is 3.80. The van der Waals surface area contributed by atoms with Gasteiger partial charge in [-0.3, -0.25) is 4.98 Å². The number of pyridine rings is 1. The molecule has 1 atom stereocenters. The molecule has 0 radical (unpaired) electrons. The molecule has 32 heavy (non-hydrogen) atoms. The Bertz CT molecular complexity index is 1250. The zero-order valence-corrected chi connectivity index (χ0v) is 18.3. The number of ether oxygens (including phenoxy) is 3. The summed E-state index contributed by atoms with van der Waals surface area (Å²) in [5.74, 6) is 2.97. The number of piperidine rings is 1. The van der Waals surface area contributed by atoms with E-state index in [2.05, 4.69) is 26.9 Å². The zero-order chi connectivity index (χ0) is 21.9. The zero-order valence-electron chi connectivity index (χ0n) is 18.3. The molecule has 1 fully saturated rings. The molecule has 1 aliphatic heterocycles. The van der Waals surface area contributed by atoms with Crippen molar-refractivity contribution in [1.82, 2.24) is 19.9 Å². The standard InChI is InChI=1S/C25H26N4O3/c1-29-10-4-5-17(14-29)15-31-24-13-22-20(12-23(24)30-2)25(28-16-27-22)32-19-8-7-18-6-3-9-26-21(18)11-19/h3,6-9,11-13,16-17H,4-5,10,14-15H2,1-2H3/t17-/m0/s1. The highest BCUT2D eigenvalue weighted by Crippen LogP contribution is 2.36. The van der Waals surface area contributed by atoms with Crippen LogP contribution in [0.4, 0.5) is 0 Å². The fourth-order valence-corrected chi connectivity index (χ4v) is 4.23. The summed E-state index contributed by atoms with van der Waals surface area (Å²) in [4.78, 5) is 15.5. The van der Waals surface area contributed by atoms with Crippen molar-refractivity contribution in [2.45, 2.75) is 12.8 Å². The van der Waals surface area contributed by atoms with Crippen LogP contribution in [0.1, 0.15) is 12.8 Å². The van der Waals surface area contributed by atoms with Crippen LogP contribution in [0.25, 0.3) is 21.8 Å². The highest BCUT2D eigenvalue weighted by atomic mass is 16.5. The van der Waals surface area contributed by atoms with E-state index in [4.69, 9.17) is 14.2 Å². The van der Waals surface area contributed by atoms with Gasteiger partial charge in [-0.2, -0.15) is 0 Å². The Kier molecular flexibility index (Phi) is 5.73. The van der Waals surface area contributed by atoms with Crippen molar-refractivity contribution in [2.24, 2.45) is 5.92 Å². The lowest BCUT2D eigenvalue weighted by atomic mass is 9.99. The van der Waals surface area contributed by atoms with Gasteiger partial charge in [0.2, 0.25) is 5.88 Å². The summed E-state index contributed by atoms with van der Waals surface area (Å²) < 4.78 is 17.9. The van der Waals surface area contributed by atoms with Crippen molar-refractivity contribution in [3.63, 3.8) is 0 Å². The number of aromatic nitrogens is 3. The normalized spacial score (nSPS) is 16.9. The minimum atomic E-state index is 0.462. The lowest BCUT2D eigenvalue weighted by Crippen LogP contribution is -2.34. The molecule has 1 saturated heterocycles. The topological polar surface area (TPSA) is 69.6 Å². The van der Waals surface area contributed by atoms with Gasteiger partial charge in [-0.05, 0) is 50.7 Å². The summed E-state index contributed by atoms with van der Waals surface area (Å²) in [5.41, 5.74) is 1.61. The molecule has 7 heteroatoms. The quantitative estimate of drug-likeness (QED) is 0.439. The molecular weight excluding hydrogens is 404 g/mol. The predicted octanol–water partition coefficient (Wildman–Crippen LogP) is 4.70. The Morgan fingerprint density at radius 1 is 1.03 bits per heavy atom. The van der Waals surface area contributed by atoms with Crippen LogP contribution in [-0.4, -0.2) is 53.7 Å². The molecule has 0 unspecified atom stereocenters. The van der Waals surface area contributed by atoms with Crippen LogP contribution in [0.3, 0.4) is 0 Å². The lowest BCUT2D eigenvalue weighted by Gasteiger charge is -2.29. The first-order chi connectivity index (χ1) is 15.7. The van der Waals surface area contributed by atoms with Gasteiger partial charge in [0.05, 0.1) is 30.1 Å². The van der Waals surface area contributed by atoms with Gasteiger partial charge in [-0.1, -0.05) is 6.07 Å². The highest BCUT2D eigenvalue weighted by molar-refractivity contribution is 5.87. The summed E-state index contributed by atoms with van der Waals surface area (Å²) in [6.45, 7) is 2.87. The van der Waals surface area contributed by atoms with E-state index >= 15 is 0 Å². The molecule has 4 aromatic rings. The molecule has 164 valence electrons. The van der Waals surface area contributed by atoms with E-state index in [1.54, 1.807) is 13.3 Å². The van der Waals surface area contributed by atoms with E-state index in [0.717, 1.165) is 34.9 Å². The highest BCUT2D eigenvalue weighted by Gasteiger charge is 2.19. The first-order valence-electron chi connectivity index (χ1n) is 10.9. The van der Waals surface area contributed by atoms with Crippen molar-refractivity contribution in [3.05, 3.63) is 55.0 Å². The number of methoxy groups -OCH3 is 1. The molecule has 5 rings (SSSR count). The average Bonchev–Trinajstić information content (AvgIpc) is 2.82. The molecule has 0 aliphatic carbocycles. The van der Waals surface area contributed by atoms with Gasteiger partial charge in [0.1, 0.15) is 12.1 Å². The predicted molar refractivity (Wildman–Crippen MR) is 124 cm³/mol. The van der Waals surface area contributed by atoms with Gasteiger partial charge in [0.25, 0.3) is 0 Å². The number of hydrogen-bond acceptors (Lipinski definition) is 7. The fraction of sp³-hybridized carbons (Fsp3) is 0.320. The lowest BCUT2D eigenvalue weighted by molar-refractivity contribution is 0.148. The largest absolute Gasteiger partial charge is 0.493 e. The Morgan fingerprint density at radius 2 is 1.97 bits per heavy atom. The van der Waals surface area contributed by atoms with Crippen LogP contribution >= 0.6 is 0 Å². The fourth-order valence-electron chi connectivity index (χ4n) is 4.23. The molecule has 1 aliphatic rings. The summed E-state index contributed by atoms with van der Waals surface area (Å²) in [5, 5.41) is 1.82. The van der Waals surface area contributed by atoms with E-state index < -0.39 is 0 Å². The maximum Gasteiger partial charge on any atom is 0.230 e. The van der Waals surface area contributed by atoms with Gasteiger partial charge in [-0.25, -0.2) is 9.97 Å². The molecule has 0 bridgehead atoms. The summed E-state index contributed by atoms with van der Waals surface area (Å²) >= 11 is 0. The van der Waals surface area contributed by atoms with Crippen LogP contribution in [-0.2, 0) is 0 Å². The van der Waals surface area contributed by atoms with Crippen LogP contribution in [0, 0.1) is 5.92 Å². The summed E-state index contributed by atoms with van der Waals surface area (Å²) in [6, 6.07) is 13.5. The third-order valence-electron chi connectivity index (χ3n) is 5.87. The molecule has 2 aromatic carbocycles. The van der Waals surface area contributed by atoms with Crippen molar-refractivity contribution < 1.29 is 14.2 Å². The molecule has 0 N–H and O–H groups in total. The number of likely N-dealkylation sites (tertiary alicyclic amines) is 1. The number of rotatable bonds is 6. The first kappa shape index (κ1) is 20.5. The molecule has 0 saturated carbocycles. The van der Waals surface area contributed by atoms with Gasteiger partial charge < -0.3 is 19.1 Å². The maximum absolute atomic E-state index is 6.17. The van der Waals surface area contributed by atoms with Gasteiger partial charge in [-0.15, -0.1) is 0 Å². The molecule has 7 nitrogen and oxygen atoms in total. The summed E-state index contributed by atoms with van der Waals surface area (Å²) in [6.07, 6.45) is 5.66. The maximum atomic E-state index is 6.17. The molecule has 3 heterocycles. The third-order valence-corrected chi connectivity index (χ3v) is 5.87. The van der Waals surface area contributed by atoms with E-state index in [-0.39, 0.29) is 0 Å². The minimum absolute atomic E-state index is 0.462.